The summed E-state index contributed by atoms with van der Waals surface area (Å²) >= 11 is 0. The summed E-state index contributed by atoms with van der Waals surface area (Å²) in [7, 11) is 0. The zero-order valence-electron chi connectivity index (χ0n) is 14.8. The molecule has 2 heterocycles. The van der Waals surface area contributed by atoms with Gasteiger partial charge in [0, 0.05) is 35.8 Å². The lowest BCUT2D eigenvalue weighted by molar-refractivity contribution is 0.311. The molecule has 0 amide bonds. The van der Waals surface area contributed by atoms with Crippen LogP contribution in [-0.4, -0.2) is 31.2 Å². The van der Waals surface area contributed by atoms with Gasteiger partial charge in [-0.15, -0.1) is 0 Å². The second kappa shape index (κ2) is 7.79. The first-order valence-electron chi connectivity index (χ1n) is 9.26. The molecule has 0 radical (unpaired) electrons. The Hall–Kier alpha value is -2.53. The topological polar surface area (TPSA) is 49.1 Å². The summed E-state index contributed by atoms with van der Waals surface area (Å²) in [6.45, 7) is 3.10. The lowest BCUT2D eigenvalue weighted by atomic mass is 10.1. The number of rotatable bonds is 8. The van der Waals surface area contributed by atoms with Crippen LogP contribution in [0.25, 0.3) is 10.9 Å². The number of nitrogens with one attached hydrogen (secondary N) is 3. The minimum Gasteiger partial charge on any atom is -0.492 e. The normalized spacial score (nSPS) is 13.0. The van der Waals surface area contributed by atoms with Crippen molar-refractivity contribution in [3.8, 4) is 5.75 Å². The van der Waals surface area contributed by atoms with Crippen molar-refractivity contribution in [3.63, 3.8) is 0 Å². The van der Waals surface area contributed by atoms with Crippen molar-refractivity contribution in [2.24, 2.45) is 0 Å². The third kappa shape index (κ3) is 3.53. The van der Waals surface area contributed by atoms with E-state index in [-0.39, 0.29) is 5.82 Å². The highest BCUT2D eigenvalue weighted by Gasteiger charge is 2.19. The van der Waals surface area contributed by atoms with Crippen molar-refractivity contribution >= 4 is 16.6 Å². The first kappa shape index (κ1) is 16.9. The summed E-state index contributed by atoms with van der Waals surface area (Å²) in [5, 5.41) is 7.81. The van der Waals surface area contributed by atoms with Crippen molar-refractivity contribution in [1.82, 2.24) is 10.3 Å². The Morgan fingerprint density at radius 2 is 2.04 bits per heavy atom. The number of aromatic amines is 1. The molecule has 1 aliphatic rings. The maximum atomic E-state index is 13.7. The standard InChI is InChI=1S/C21H24FN3O/c22-18-7-8-20(17-9-11-24-21(17)18)26-13-12-23-10-3-4-15-14-25-19-6-2-1-5-16(15)19/h1-2,5-8,14,23-25H,3-4,9-13H2. The van der Waals surface area contributed by atoms with E-state index in [1.54, 1.807) is 6.07 Å². The van der Waals surface area contributed by atoms with Crippen molar-refractivity contribution in [2.45, 2.75) is 19.3 Å². The molecule has 4 nitrogen and oxygen atoms in total. The summed E-state index contributed by atoms with van der Waals surface area (Å²) in [5.41, 5.74) is 4.14. The quantitative estimate of drug-likeness (QED) is 0.539. The summed E-state index contributed by atoms with van der Waals surface area (Å²) in [6.07, 6.45) is 5.06. The van der Waals surface area contributed by atoms with E-state index in [1.807, 2.05) is 0 Å². The van der Waals surface area contributed by atoms with Gasteiger partial charge in [-0.3, -0.25) is 0 Å². The maximum absolute atomic E-state index is 13.7. The molecule has 0 saturated heterocycles. The van der Waals surface area contributed by atoms with Gasteiger partial charge in [0.2, 0.25) is 0 Å². The third-order valence-corrected chi connectivity index (χ3v) is 4.91. The molecule has 4 rings (SSSR count). The van der Waals surface area contributed by atoms with Crippen molar-refractivity contribution in [2.75, 3.05) is 31.6 Å². The van der Waals surface area contributed by atoms with Crippen LogP contribution in [0.4, 0.5) is 10.1 Å². The average molecular weight is 353 g/mol. The van der Waals surface area contributed by atoms with Crippen LogP contribution in [0.2, 0.25) is 0 Å². The minimum absolute atomic E-state index is 0.194. The molecule has 0 unspecified atom stereocenters. The van der Waals surface area contributed by atoms with Crippen molar-refractivity contribution in [1.29, 1.82) is 0 Å². The van der Waals surface area contributed by atoms with Gasteiger partial charge in [-0.1, -0.05) is 18.2 Å². The fourth-order valence-electron chi connectivity index (χ4n) is 3.59. The van der Waals surface area contributed by atoms with Crippen LogP contribution >= 0.6 is 0 Å². The molecule has 2 aromatic carbocycles. The van der Waals surface area contributed by atoms with Crippen LogP contribution < -0.4 is 15.4 Å². The fraction of sp³-hybridized carbons (Fsp3) is 0.333. The third-order valence-electron chi connectivity index (χ3n) is 4.91. The van der Waals surface area contributed by atoms with Gasteiger partial charge in [0.15, 0.2) is 0 Å². The number of fused-ring (bicyclic) bond motifs is 2. The number of aryl methyl sites for hydroxylation is 1. The molecule has 5 heteroatoms. The zero-order valence-corrected chi connectivity index (χ0v) is 14.8. The van der Waals surface area contributed by atoms with E-state index in [0.717, 1.165) is 50.2 Å². The van der Waals surface area contributed by atoms with Crippen molar-refractivity contribution in [3.05, 3.63) is 59.5 Å². The molecule has 1 aromatic heterocycles. The largest absolute Gasteiger partial charge is 0.492 e. The zero-order chi connectivity index (χ0) is 17.8. The van der Waals surface area contributed by atoms with E-state index < -0.39 is 0 Å². The lowest BCUT2D eigenvalue weighted by Crippen LogP contribution is -2.22. The summed E-state index contributed by atoms with van der Waals surface area (Å²) < 4.78 is 19.5. The van der Waals surface area contributed by atoms with Crippen LogP contribution in [0, 0.1) is 5.82 Å². The number of hydrogen-bond donors (Lipinski definition) is 3. The van der Waals surface area contributed by atoms with E-state index in [9.17, 15) is 4.39 Å². The number of aromatic nitrogens is 1. The van der Waals surface area contributed by atoms with Crippen molar-refractivity contribution < 1.29 is 9.13 Å². The van der Waals surface area contributed by atoms with Gasteiger partial charge in [-0.05, 0) is 49.6 Å². The SMILES string of the molecule is Fc1ccc(OCCNCCCc2c[nH]c3ccccc23)c2c1NCC2. The Labute approximate surface area is 152 Å². The molecule has 3 aromatic rings. The highest BCUT2D eigenvalue weighted by Crippen LogP contribution is 2.33. The molecular weight excluding hydrogens is 329 g/mol. The number of H-pyrrole nitrogens is 1. The number of ether oxygens (including phenoxy) is 1. The molecule has 0 aliphatic carbocycles. The number of benzene rings is 2. The van der Waals surface area contributed by atoms with E-state index in [1.165, 1.54) is 22.5 Å². The Morgan fingerprint density at radius 1 is 1.12 bits per heavy atom. The van der Waals surface area contributed by atoms with Gasteiger partial charge in [0.25, 0.3) is 0 Å². The fourth-order valence-corrected chi connectivity index (χ4v) is 3.59. The van der Waals surface area contributed by atoms with Crippen LogP contribution in [0.5, 0.6) is 5.75 Å². The molecule has 1 aliphatic heterocycles. The predicted molar refractivity (Wildman–Crippen MR) is 104 cm³/mol. The Balaban J connectivity index is 1.18. The van der Waals surface area contributed by atoms with Gasteiger partial charge in [-0.25, -0.2) is 4.39 Å². The van der Waals surface area contributed by atoms with E-state index in [0.29, 0.717) is 12.3 Å². The van der Waals surface area contributed by atoms with Crippen LogP contribution in [0.15, 0.2) is 42.6 Å². The van der Waals surface area contributed by atoms with Crippen LogP contribution in [0.3, 0.4) is 0 Å². The van der Waals surface area contributed by atoms with E-state index in [2.05, 4.69) is 46.1 Å². The van der Waals surface area contributed by atoms with E-state index >= 15 is 0 Å². The van der Waals surface area contributed by atoms with Gasteiger partial charge in [0.1, 0.15) is 18.2 Å². The first-order valence-corrected chi connectivity index (χ1v) is 9.26. The highest BCUT2D eigenvalue weighted by molar-refractivity contribution is 5.83. The molecular formula is C21H24FN3O. The monoisotopic (exact) mass is 353 g/mol. The highest BCUT2D eigenvalue weighted by atomic mass is 19.1. The van der Waals surface area contributed by atoms with Gasteiger partial charge in [0.05, 0.1) is 5.69 Å². The number of halogens is 1. The maximum Gasteiger partial charge on any atom is 0.146 e. The lowest BCUT2D eigenvalue weighted by Gasteiger charge is -2.11. The first-order chi connectivity index (χ1) is 12.8. The summed E-state index contributed by atoms with van der Waals surface area (Å²) in [6, 6.07) is 11.6. The van der Waals surface area contributed by atoms with Crippen LogP contribution in [0.1, 0.15) is 17.5 Å². The van der Waals surface area contributed by atoms with E-state index in [4.69, 9.17) is 4.74 Å². The molecule has 3 N–H and O–H groups in total. The predicted octanol–water partition coefficient (Wildman–Crippen LogP) is 3.88. The number of para-hydroxylation sites is 1. The summed E-state index contributed by atoms with van der Waals surface area (Å²) in [5.74, 6) is 0.604. The minimum atomic E-state index is -0.194. The summed E-state index contributed by atoms with van der Waals surface area (Å²) in [4.78, 5) is 3.32. The molecule has 136 valence electrons. The molecule has 0 fully saturated rings. The molecule has 0 spiro atoms. The Morgan fingerprint density at radius 3 is 3.00 bits per heavy atom. The molecule has 26 heavy (non-hydrogen) atoms. The smallest absolute Gasteiger partial charge is 0.146 e. The number of hydrogen-bond acceptors (Lipinski definition) is 3. The second-order valence-corrected chi connectivity index (χ2v) is 6.64. The van der Waals surface area contributed by atoms with Gasteiger partial charge in [-0.2, -0.15) is 0 Å². The molecule has 0 atom stereocenters. The van der Waals surface area contributed by atoms with Crippen LogP contribution in [-0.2, 0) is 12.8 Å². The number of anilines is 1. The average Bonchev–Trinajstić information content (AvgIpc) is 3.31. The molecule has 0 bridgehead atoms. The van der Waals surface area contributed by atoms with Gasteiger partial charge >= 0.3 is 0 Å². The Kier molecular flexibility index (Phi) is 5.07. The molecule has 0 saturated carbocycles. The Bertz CT molecular complexity index is 890. The second-order valence-electron chi connectivity index (χ2n) is 6.64. The van der Waals surface area contributed by atoms with Gasteiger partial charge < -0.3 is 20.4 Å².